The number of nitrogens with one attached hydrogen (secondary N) is 2. The van der Waals surface area contributed by atoms with E-state index in [0.29, 0.717) is 0 Å². The van der Waals surface area contributed by atoms with E-state index in [1.807, 2.05) is 0 Å². The first kappa shape index (κ1) is 102. The summed E-state index contributed by atoms with van der Waals surface area (Å²) in [5.41, 5.74) is 17.6. The quantitative estimate of drug-likeness (QED) is 0.0149. The molecule has 6 aliphatic rings. The van der Waals surface area contributed by atoms with Crippen molar-refractivity contribution < 1.29 is 122 Å². The number of aliphatic hydroxyl groups excluding tert-OH is 4. The van der Waals surface area contributed by atoms with Gasteiger partial charge < -0.3 is 71.8 Å². The summed E-state index contributed by atoms with van der Waals surface area (Å²) in [6.45, 7) is 21.0. The van der Waals surface area contributed by atoms with Crippen LogP contribution in [0, 0.1) is 10.8 Å². The number of thioether (sulfide) groups is 2. The number of aliphatic hydroxyl groups is 4. The van der Waals surface area contributed by atoms with Crippen molar-refractivity contribution in [2.75, 3.05) is 87.3 Å². The smallest absolute Gasteiger partial charge is 0.462 e. The highest BCUT2D eigenvalue weighted by molar-refractivity contribution is 8.14. The van der Waals surface area contributed by atoms with E-state index in [4.69, 9.17) is 144 Å². The first-order chi connectivity index (χ1) is 55.6. The van der Waals surface area contributed by atoms with Gasteiger partial charge in [-0.25, -0.2) is 38.5 Å². The number of aromatic nitrogens is 8. The number of nitrogen functional groups attached to an aromatic ring is 4. The van der Waals surface area contributed by atoms with Crippen LogP contribution in [0.2, 0.25) is 0 Å². The molecule has 10 heterocycles. The fourth-order valence-corrected chi connectivity index (χ4v) is 19.6. The maximum Gasteiger partial charge on any atom is 0.697 e. The summed E-state index contributed by atoms with van der Waals surface area (Å²) in [7, 11) is -12.9. The van der Waals surface area contributed by atoms with Crippen molar-refractivity contribution >= 4 is 147 Å². The Balaban J connectivity index is 0.000000221. The maximum absolute atomic E-state index is 13.0. The molecule has 22 atom stereocenters. The van der Waals surface area contributed by atoms with Crippen LogP contribution in [-0.4, -0.2) is 238 Å². The van der Waals surface area contributed by atoms with E-state index in [1.54, 1.807) is 69.2 Å². The number of halogens is 4. The molecule has 0 amide bonds. The van der Waals surface area contributed by atoms with E-state index >= 15 is 0 Å². The molecule has 672 valence electrons. The molecule has 6 aliphatic heterocycles. The van der Waals surface area contributed by atoms with Gasteiger partial charge >= 0.3 is 66.7 Å². The van der Waals surface area contributed by atoms with E-state index in [2.05, 4.69) is 30.1 Å². The number of hydrogen-bond acceptors (Lipinski definition) is 40. The Hall–Kier alpha value is -5.20. The zero-order valence-electron chi connectivity index (χ0n) is 67.3. The third-order valence-corrected chi connectivity index (χ3v) is 27.2. The molecular formula is C66H100Cl4N14O30P4S2+2. The molecule has 10 rings (SSSR count). The summed E-state index contributed by atoms with van der Waals surface area (Å²) in [6.07, 6.45) is -6.78. The molecule has 44 nitrogen and oxygen atoms in total. The van der Waals surface area contributed by atoms with E-state index in [1.165, 1.54) is 85.9 Å². The van der Waals surface area contributed by atoms with Crippen LogP contribution in [0.4, 0.5) is 23.3 Å². The van der Waals surface area contributed by atoms with Crippen molar-refractivity contribution in [3.8, 4) is 0 Å². The minimum absolute atomic E-state index is 0.0243. The molecule has 0 aromatic carbocycles. The normalized spacial score (nSPS) is 30.9. The lowest BCUT2D eigenvalue weighted by Crippen LogP contribution is -2.47. The van der Waals surface area contributed by atoms with Gasteiger partial charge in [-0.1, -0.05) is 23.5 Å². The lowest BCUT2D eigenvalue weighted by atomic mass is 9.97. The molecule has 6 saturated heterocycles. The molecular weight excluding hydrogens is 1800 g/mol. The van der Waals surface area contributed by atoms with Gasteiger partial charge in [0.1, 0.15) is 130 Å². The standard InChI is InChI=1S/2C17H25ClN3O8PS.2C16H24ClN4O7P/c2*1-16(2,9-22)14(24)31-7-6-27-30(26)28-8-10-12(23)17(3,18)13(29-10)21-5-4-11(19)20-15(21)25;2*1-8(2)26-13(22)9(3)20-29(24)25-7-10-12(28-29)16(4,17)14(27-10)21-6-5-11(18)19-15(21)23/h2*4-5,10,12-13,22-23H,6-9H2,1-3H3,(H-,19,20,25);2*5-6,8-10,12,14H,7H2,1-4H3,(H,20,24)(H2,18,19,23)/p+2/t2*10-,12-,13-,17-;9-,10+,12+,14+,16+,29+;9-,10+,12+,14+,16+,29-/m1100/s1. The molecule has 0 radical (unpaired) electrons. The second-order valence-corrected chi connectivity index (χ2v) is 40.9. The molecule has 120 heavy (non-hydrogen) atoms. The zero-order chi connectivity index (χ0) is 89.9. The number of alkyl halides is 4. The number of carbonyl (C=O) groups is 4. The number of hydrogen-bond donors (Lipinski definition) is 10. The van der Waals surface area contributed by atoms with Crippen LogP contribution in [0.5, 0.6) is 0 Å². The van der Waals surface area contributed by atoms with E-state index in [0.717, 1.165) is 32.7 Å². The number of fused-ring (bicyclic) bond motifs is 2. The van der Waals surface area contributed by atoms with E-state index in [9.17, 15) is 66.8 Å². The van der Waals surface area contributed by atoms with Crippen LogP contribution < -0.4 is 55.9 Å². The van der Waals surface area contributed by atoms with E-state index < -0.39 is 183 Å². The van der Waals surface area contributed by atoms with Crippen molar-refractivity contribution in [3.05, 3.63) is 91.0 Å². The molecule has 4 aromatic rings. The molecule has 14 N–H and O–H groups in total. The second kappa shape index (κ2) is 42.4. The van der Waals surface area contributed by atoms with Crippen molar-refractivity contribution in [1.82, 2.24) is 48.4 Å². The Morgan fingerprint density at radius 2 is 0.817 bits per heavy atom. The highest BCUT2D eigenvalue weighted by atomic mass is 35.5. The number of nitrogens with zero attached hydrogens (tertiary/aromatic N) is 8. The molecule has 4 aromatic heterocycles. The highest BCUT2D eigenvalue weighted by Gasteiger charge is 2.63. The van der Waals surface area contributed by atoms with Gasteiger partial charge in [-0.15, -0.1) is 64.5 Å². The topological polar surface area (TPSA) is 614 Å². The second-order valence-electron chi connectivity index (χ2n) is 30.1. The first-order valence-corrected chi connectivity index (χ1v) is 45.4. The summed E-state index contributed by atoms with van der Waals surface area (Å²) in [5.74, 6) is -0.554. The van der Waals surface area contributed by atoms with Gasteiger partial charge in [-0.05, 0) is 121 Å². The van der Waals surface area contributed by atoms with Crippen LogP contribution in [0.15, 0.2) is 68.2 Å². The summed E-state index contributed by atoms with van der Waals surface area (Å²) >= 11 is 28.1. The number of esters is 2. The Morgan fingerprint density at radius 1 is 0.533 bits per heavy atom. The van der Waals surface area contributed by atoms with Crippen LogP contribution in [-0.2, 0) is 102 Å². The summed E-state index contributed by atoms with van der Waals surface area (Å²) < 4.78 is 130. The van der Waals surface area contributed by atoms with Gasteiger partial charge in [0.2, 0.25) is 0 Å². The van der Waals surface area contributed by atoms with Crippen LogP contribution >= 0.6 is 102 Å². The molecule has 6 fully saturated rings. The highest BCUT2D eigenvalue weighted by Crippen LogP contribution is 2.59. The van der Waals surface area contributed by atoms with E-state index in [-0.39, 0.29) is 110 Å². The average molecular weight is 1900 g/mol. The Bertz CT molecular complexity index is 4370. The largest absolute Gasteiger partial charge is 0.697 e. The van der Waals surface area contributed by atoms with Gasteiger partial charge in [-0.3, -0.25) is 55.5 Å². The van der Waals surface area contributed by atoms with Gasteiger partial charge in [0.05, 0.1) is 49.5 Å². The Morgan fingerprint density at radius 3 is 1.08 bits per heavy atom. The average Bonchev–Trinajstić information content (AvgIpc) is 1.59. The predicted octanol–water partition coefficient (Wildman–Crippen LogP) is 4.45. The van der Waals surface area contributed by atoms with Gasteiger partial charge in [0.15, 0.2) is 35.1 Å². The molecule has 0 bridgehead atoms. The van der Waals surface area contributed by atoms with Gasteiger partial charge in [-0.2, -0.15) is 19.9 Å². The number of anilines is 4. The minimum atomic E-state index is -3.89. The van der Waals surface area contributed by atoms with Crippen molar-refractivity contribution in [1.29, 1.82) is 0 Å². The first-order valence-electron chi connectivity index (χ1n) is 36.6. The number of rotatable bonds is 30. The summed E-state index contributed by atoms with van der Waals surface area (Å²) in [5, 5.41) is 44.0. The number of nitrogens with two attached hydrogens (primary N) is 4. The fourth-order valence-electron chi connectivity index (χ4n) is 11.6. The Kier molecular flexibility index (Phi) is 36.0. The van der Waals surface area contributed by atoms with Crippen LogP contribution in [0.3, 0.4) is 0 Å². The molecule has 0 aliphatic carbocycles. The molecule has 2 unspecified atom stereocenters. The summed E-state index contributed by atoms with van der Waals surface area (Å²) in [4.78, 5) is 106. The SMILES string of the molecule is CC(C)(CO)C(=O)SCCO[P+](=O)OC[C@H]1O[C@@H](n2ccc(N)nc2=O)[C@](C)(Cl)[C@@H]1O.CC(C)(CO)C(=O)SCCO[P+](=O)OC[C@H]1O[C@@H](n2ccc(N)nc2=O)[C@](C)(Cl)[C@@H]1O.CC(C)OC(=O)[C@H](C)N[P@@]1(=O)OC[C@H]2O[C@@H](n3ccc(N)nc3=O)[C@](C)(Cl)[C@@H]2O1.CC(C)OC(=O)[C@H](C)N[P@]1(=O)OC[C@H]2O[C@@H](n3ccc(N)nc3=O)[C@](C)(Cl)[C@@H]2O1. The minimum Gasteiger partial charge on any atom is -0.462 e. The van der Waals surface area contributed by atoms with Gasteiger partial charge in [0.25, 0.3) is 0 Å². The Labute approximate surface area is 717 Å². The summed E-state index contributed by atoms with van der Waals surface area (Å²) in [6, 6.07) is 3.77. The third kappa shape index (κ3) is 26.0. The third-order valence-electron chi connectivity index (χ3n) is 18.3. The van der Waals surface area contributed by atoms with Crippen LogP contribution in [0.1, 0.15) is 122 Å². The maximum atomic E-state index is 13.0. The fraction of sp³-hybridized carbons (Fsp3) is 0.697. The molecule has 0 spiro atoms. The lowest BCUT2D eigenvalue weighted by Gasteiger charge is -2.36. The zero-order valence-corrected chi connectivity index (χ0v) is 75.6. The van der Waals surface area contributed by atoms with Crippen LogP contribution in [0.25, 0.3) is 0 Å². The van der Waals surface area contributed by atoms with Crippen molar-refractivity contribution in [3.63, 3.8) is 0 Å². The lowest BCUT2D eigenvalue weighted by molar-refractivity contribution is -0.150. The molecule has 0 saturated carbocycles. The van der Waals surface area contributed by atoms with Crippen molar-refractivity contribution in [2.45, 2.75) is 214 Å². The van der Waals surface area contributed by atoms with Gasteiger partial charge in [0, 0.05) is 45.4 Å². The van der Waals surface area contributed by atoms with Crippen molar-refractivity contribution in [2.24, 2.45) is 10.8 Å². The monoisotopic (exact) mass is 1900 g/mol. The molecule has 54 heteroatoms. The number of ether oxygens (including phenoxy) is 6. The predicted molar refractivity (Wildman–Crippen MR) is 437 cm³/mol. The number of carbonyl (C=O) groups excluding carboxylic acids is 4.